The third-order valence-corrected chi connectivity index (χ3v) is 2.82. The maximum absolute atomic E-state index is 11.5. The van der Waals surface area contributed by atoms with E-state index < -0.39 is 6.04 Å². The van der Waals surface area contributed by atoms with Crippen LogP contribution >= 0.6 is 0 Å². The number of rotatable bonds is 6. The van der Waals surface area contributed by atoms with E-state index in [2.05, 4.69) is 10.9 Å². The van der Waals surface area contributed by atoms with E-state index in [1.54, 1.807) is 27.3 Å². The van der Waals surface area contributed by atoms with Gasteiger partial charge in [-0.2, -0.15) is 0 Å². The van der Waals surface area contributed by atoms with Gasteiger partial charge in [0.2, 0.25) is 5.91 Å². The third kappa shape index (κ3) is 3.84. The van der Waals surface area contributed by atoms with Crippen molar-refractivity contribution in [2.24, 2.45) is 5.73 Å². The lowest BCUT2D eigenvalue weighted by molar-refractivity contribution is -0.122. The Balaban J connectivity index is 3.01. The van der Waals surface area contributed by atoms with Crippen LogP contribution in [0.5, 0.6) is 11.5 Å². The molecule has 0 heterocycles. The maximum Gasteiger partial charge on any atom is 0.235 e. The largest absolute Gasteiger partial charge is 0.497 e. The Morgan fingerprint density at radius 3 is 2.58 bits per heavy atom. The third-order valence-electron chi connectivity index (χ3n) is 2.82. The minimum atomic E-state index is -0.436. The minimum Gasteiger partial charge on any atom is -0.497 e. The van der Waals surface area contributed by atoms with Gasteiger partial charge in [-0.15, -0.1) is 0 Å². The average molecular weight is 267 g/mol. The zero-order valence-electron chi connectivity index (χ0n) is 11.7. The molecule has 1 aromatic carbocycles. The van der Waals surface area contributed by atoms with E-state index in [0.717, 1.165) is 11.1 Å². The summed E-state index contributed by atoms with van der Waals surface area (Å²) in [6.07, 6.45) is 0.171. The van der Waals surface area contributed by atoms with Crippen LogP contribution in [0, 0.1) is 6.92 Å². The second-order valence-corrected chi connectivity index (χ2v) is 4.17. The van der Waals surface area contributed by atoms with E-state index in [1.165, 1.54) is 0 Å². The van der Waals surface area contributed by atoms with Crippen molar-refractivity contribution in [3.05, 3.63) is 23.3 Å². The first-order valence-corrected chi connectivity index (χ1v) is 5.97. The van der Waals surface area contributed by atoms with Gasteiger partial charge in [-0.1, -0.05) is 0 Å². The number of carbonyl (C=O) groups excluding carboxylic acids is 1. The highest BCUT2D eigenvalue weighted by Gasteiger charge is 2.19. The molecule has 4 N–H and O–H groups in total. The van der Waals surface area contributed by atoms with Gasteiger partial charge in [-0.05, 0) is 18.6 Å². The normalized spacial score (nSPS) is 11.8. The maximum atomic E-state index is 11.5. The van der Waals surface area contributed by atoms with Gasteiger partial charge in [0.05, 0.1) is 14.2 Å². The molecule has 0 saturated carbocycles. The Morgan fingerprint density at radius 2 is 2.05 bits per heavy atom. The van der Waals surface area contributed by atoms with Crippen LogP contribution in [0.15, 0.2) is 12.1 Å². The van der Waals surface area contributed by atoms with Gasteiger partial charge >= 0.3 is 0 Å². The van der Waals surface area contributed by atoms with Crippen LogP contribution in [0.4, 0.5) is 0 Å². The van der Waals surface area contributed by atoms with E-state index in [1.807, 2.05) is 13.0 Å². The Hall–Kier alpha value is -1.79. The number of hydrogen-bond donors (Lipinski definition) is 3. The van der Waals surface area contributed by atoms with E-state index in [0.29, 0.717) is 11.5 Å². The van der Waals surface area contributed by atoms with Gasteiger partial charge in [0, 0.05) is 31.1 Å². The first-order valence-electron chi connectivity index (χ1n) is 5.97. The summed E-state index contributed by atoms with van der Waals surface area (Å²) in [4.78, 5) is 11.5. The minimum absolute atomic E-state index is 0.171. The Kier molecular flexibility index (Phi) is 5.59. The van der Waals surface area contributed by atoms with Gasteiger partial charge in [0.15, 0.2) is 0 Å². The SMILES string of the molecule is CNNC(=O)CC(N)c1c(C)cc(OC)cc1OC. The zero-order valence-corrected chi connectivity index (χ0v) is 11.7. The van der Waals surface area contributed by atoms with Gasteiger partial charge in [0.1, 0.15) is 11.5 Å². The second kappa shape index (κ2) is 6.96. The molecule has 19 heavy (non-hydrogen) atoms. The smallest absolute Gasteiger partial charge is 0.235 e. The highest BCUT2D eigenvalue weighted by atomic mass is 16.5. The number of nitrogens with one attached hydrogen (secondary N) is 2. The highest BCUT2D eigenvalue weighted by Crippen LogP contribution is 2.33. The number of aryl methyl sites for hydroxylation is 1. The van der Waals surface area contributed by atoms with Crippen LogP contribution in [-0.2, 0) is 4.79 Å². The monoisotopic (exact) mass is 267 g/mol. The molecule has 6 heteroatoms. The molecule has 0 aliphatic carbocycles. The van der Waals surface area contributed by atoms with Crippen LogP contribution in [0.3, 0.4) is 0 Å². The molecule has 0 spiro atoms. The zero-order chi connectivity index (χ0) is 14.4. The molecule has 0 aliphatic heterocycles. The summed E-state index contributed by atoms with van der Waals surface area (Å²) in [5, 5.41) is 0. The fraction of sp³-hybridized carbons (Fsp3) is 0.462. The van der Waals surface area contributed by atoms with Crippen LogP contribution in [0.25, 0.3) is 0 Å². The van der Waals surface area contributed by atoms with Crippen molar-refractivity contribution < 1.29 is 14.3 Å². The van der Waals surface area contributed by atoms with Crippen LogP contribution < -0.4 is 26.1 Å². The molecule has 1 amide bonds. The molecular weight excluding hydrogens is 246 g/mol. The molecule has 1 rings (SSSR count). The summed E-state index contributed by atoms with van der Waals surface area (Å²) < 4.78 is 10.5. The second-order valence-electron chi connectivity index (χ2n) is 4.17. The summed E-state index contributed by atoms with van der Waals surface area (Å²) in [5.74, 6) is 1.15. The molecule has 0 fully saturated rings. The lowest BCUT2D eigenvalue weighted by Crippen LogP contribution is -2.36. The van der Waals surface area contributed by atoms with Crippen LogP contribution in [0.1, 0.15) is 23.6 Å². The number of benzene rings is 1. The molecule has 1 atom stereocenters. The Morgan fingerprint density at radius 1 is 1.37 bits per heavy atom. The number of hydrogen-bond acceptors (Lipinski definition) is 5. The quantitative estimate of drug-likeness (QED) is 0.659. The number of ether oxygens (including phenoxy) is 2. The lowest BCUT2D eigenvalue weighted by Gasteiger charge is -2.19. The molecular formula is C13H21N3O3. The number of methoxy groups -OCH3 is 2. The Labute approximate surface area is 113 Å². The van der Waals surface area contributed by atoms with Gasteiger partial charge in [-0.25, -0.2) is 5.43 Å². The van der Waals surface area contributed by atoms with Crippen molar-refractivity contribution in [3.8, 4) is 11.5 Å². The van der Waals surface area contributed by atoms with Crippen molar-refractivity contribution in [1.82, 2.24) is 10.9 Å². The van der Waals surface area contributed by atoms with Crippen LogP contribution in [-0.4, -0.2) is 27.2 Å². The number of amides is 1. The van der Waals surface area contributed by atoms with Crippen molar-refractivity contribution in [1.29, 1.82) is 0 Å². The summed E-state index contributed by atoms with van der Waals surface area (Å²) in [6.45, 7) is 1.91. The molecule has 0 aromatic heterocycles. The highest BCUT2D eigenvalue weighted by molar-refractivity contribution is 5.76. The Bertz CT molecular complexity index is 449. The molecule has 0 radical (unpaired) electrons. The predicted molar refractivity (Wildman–Crippen MR) is 73.0 cm³/mol. The summed E-state index contributed by atoms with van der Waals surface area (Å²) in [7, 11) is 4.79. The van der Waals surface area contributed by atoms with Gasteiger partial charge < -0.3 is 15.2 Å². The number of hydrazine groups is 1. The lowest BCUT2D eigenvalue weighted by atomic mass is 9.97. The molecule has 0 bridgehead atoms. The van der Waals surface area contributed by atoms with E-state index >= 15 is 0 Å². The van der Waals surface area contributed by atoms with Crippen molar-refractivity contribution >= 4 is 5.91 Å². The predicted octanol–water partition coefficient (Wildman–Crippen LogP) is 0.653. The summed E-state index contributed by atoms with van der Waals surface area (Å²) >= 11 is 0. The van der Waals surface area contributed by atoms with Crippen molar-refractivity contribution in [2.75, 3.05) is 21.3 Å². The first-order chi connectivity index (χ1) is 9.03. The fourth-order valence-electron chi connectivity index (χ4n) is 1.99. The molecule has 106 valence electrons. The number of nitrogens with two attached hydrogens (primary N) is 1. The molecule has 1 aromatic rings. The standard InChI is InChI=1S/C13H21N3O3/c1-8-5-9(18-3)6-11(19-4)13(8)10(14)7-12(17)16-15-2/h5-6,10,15H,7,14H2,1-4H3,(H,16,17). The molecule has 0 saturated heterocycles. The van der Waals surface area contributed by atoms with E-state index in [-0.39, 0.29) is 12.3 Å². The number of carbonyl (C=O) groups is 1. The van der Waals surface area contributed by atoms with Crippen molar-refractivity contribution in [3.63, 3.8) is 0 Å². The molecule has 0 aliphatic rings. The fourth-order valence-corrected chi connectivity index (χ4v) is 1.99. The van der Waals surface area contributed by atoms with Crippen LogP contribution in [0.2, 0.25) is 0 Å². The molecule has 6 nitrogen and oxygen atoms in total. The van der Waals surface area contributed by atoms with E-state index in [4.69, 9.17) is 15.2 Å². The topological polar surface area (TPSA) is 85.6 Å². The summed E-state index contributed by atoms with van der Waals surface area (Å²) in [6, 6.07) is 3.19. The van der Waals surface area contributed by atoms with E-state index in [9.17, 15) is 4.79 Å². The average Bonchev–Trinajstić information content (AvgIpc) is 2.37. The van der Waals surface area contributed by atoms with Gasteiger partial charge in [-0.3, -0.25) is 10.2 Å². The first kappa shape index (κ1) is 15.3. The summed E-state index contributed by atoms with van der Waals surface area (Å²) in [5.41, 5.74) is 12.9. The van der Waals surface area contributed by atoms with Crippen molar-refractivity contribution in [2.45, 2.75) is 19.4 Å². The molecule has 1 unspecified atom stereocenters. The van der Waals surface area contributed by atoms with Gasteiger partial charge in [0.25, 0.3) is 0 Å².